The van der Waals surface area contributed by atoms with Gasteiger partial charge in [0.1, 0.15) is 0 Å². The van der Waals surface area contributed by atoms with Gasteiger partial charge in [-0.1, -0.05) is 0 Å². The zero-order valence-corrected chi connectivity index (χ0v) is 13.1. The van der Waals surface area contributed by atoms with Crippen LogP contribution < -0.4 is 0 Å². The monoisotopic (exact) mass is 624 g/mol. The molecule has 0 saturated carbocycles. The van der Waals surface area contributed by atoms with Crippen molar-refractivity contribution in [3.8, 4) is 0 Å². The molecule has 0 bridgehead atoms. The molecule has 0 heterocycles. The summed E-state index contributed by atoms with van der Waals surface area (Å²) >= 11 is -9.33. The van der Waals surface area contributed by atoms with E-state index in [0.717, 1.165) is 0 Å². The predicted molar refractivity (Wildman–Crippen MR) is 29.1 cm³/mol. The predicted octanol–water partition coefficient (Wildman–Crippen LogP) is -3.02. The fourth-order valence-corrected chi connectivity index (χ4v) is 0. The summed E-state index contributed by atoms with van der Waals surface area (Å²) in [5.41, 5.74) is 0. The second-order valence-electron chi connectivity index (χ2n) is 0.612. The number of hydrogen-bond donors (Lipinski definition) is 0. The smallest absolute Gasteiger partial charge is 0.784 e. The standard InChI is InChI=1S/3H2O3S.2Os/c3*1-4(2)3;;/h3*(H2,1,2,3);;/q;;;2*+3/p-6. The Bertz CT molecular complexity index is 116. The van der Waals surface area contributed by atoms with Crippen LogP contribution in [0.15, 0.2) is 0 Å². The second kappa shape index (κ2) is 24.0. The Kier molecular flexibility index (Phi) is 50.6. The van der Waals surface area contributed by atoms with Crippen molar-refractivity contribution >= 4 is 34.1 Å². The average molecular weight is 621 g/mol. The topological polar surface area (TPSA) is 190 Å². The third-order valence-electron chi connectivity index (χ3n) is 0. The van der Waals surface area contributed by atoms with Crippen LogP contribution in [0.2, 0.25) is 0 Å². The minimum absolute atomic E-state index is 0. The summed E-state index contributed by atoms with van der Waals surface area (Å²) < 4.78 is 76.0. The molecule has 0 unspecified atom stereocenters. The van der Waals surface area contributed by atoms with Gasteiger partial charge in [-0.25, -0.2) is 0 Å². The fraction of sp³-hybridized carbons (Fsp3) is 0. The van der Waals surface area contributed by atoms with Crippen molar-refractivity contribution in [2.45, 2.75) is 0 Å². The van der Waals surface area contributed by atoms with Crippen molar-refractivity contribution in [2.24, 2.45) is 0 Å². The van der Waals surface area contributed by atoms with Crippen molar-refractivity contribution in [3.63, 3.8) is 0 Å². The molecule has 9 nitrogen and oxygen atoms in total. The van der Waals surface area contributed by atoms with Crippen molar-refractivity contribution < 1.29 is 79.5 Å². The molecule has 0 N–H and O–H groups in total. The molecule has 0 amide bonds. The molecule has 14 heavy (non-hydrogen) atoms. The molecule has 0 spiro atoms. The van der Waals surface area contributed by atoms with Gasteiger partial charge in [0.25, 0.3) is 0 Å². The molecule has 0 saturated heterocycles. The first-order valence-corrected chi connectivity index (χ1v) is 4.50. The third kappa shape index (κ3) is 956. The Labute approximate surface area is 113 Å². The minimum atomic E-state index is -3.11. The van der Waals surface area contributed by atoms with Crippen LogP contribution in [0.1, 0.15) is 0 Å². The van der Waals surface area contributed by atoms with Crippen molar-refractivity contribution in [3.05, 3.63) is 0 Å². The van der Waals surface area contributed by atoms with E-state index in [4.69, 9.17) is 39.9 Å². The summed E-state index contributed by atoms with van der Waals surface area (Å²) in [5.74, 6) is 0. The summed E-state index contributed by atoms with van der Waals surface area (Å²) in [4.78, 5) is 0. The van der Waals surface area contributed by atoms with Crippen LogP contribution >= 0.6 is 0 Å². The SMILES string of the molecule is O=S([O-])[O-].O=S([O-])[O-].O=S([O-])[O-].[Os+3].[Os+3]. The molecule has 0 atom stereocenters. The quantitative estimate of drug-likeness (QED) is 0.254. The van der Waals surface area contributed by atoms with Gasteiger partial charge < -0.3 is 27.3 Å². The first kappa shape index (κ1) is 29.6. The second-order valence-corrected chi connectivity index (χ2v) is 1.84. The van der Waals surface area contributed by atoms with Crippen LogP contribution in [-0.4, -0.2) is 39.9 Å². The maximum absolute atomic E-state index is 8.44. The van der Waals surface area contributed by atoms with Crippen molar-refractivity contribution in [2.75, 3.05) is 0 Å². The Balaban J connectivity index is -0.0000000270. The average Bonchev–Trinajstić information content (AvgIpc) is 1.54. The van der Waals surface area contributed by atoms with Crippen LogP contribution in [0.5, 0.6) is 0 Å². The van der Waals surface area contributed by atoms with E-state index in [1.165, 1.54) is 0 Å². The van der Waals surface area contributed by atoms with Gasteiger partial charge in [0.2, 0.25) is 0 Å². The summed E-state index contributed by atoms with van der Waals surface area (Å²) in [6.45, 7) is 0. The summed E-state index contributed by atoms with van der Waals surface area (Å²) in [7, 11) is 0. The minimum Gasteiger partial charge on any atom is -0.784 e. The Hall–Kier alpha value is 1.48. The largest absolute Gasteiger partial charge is 3.00 e. The van der Waals surface area contributed by atoms with Gasteiger partial charge in [0, 0.05) is 0 Å². The van der Waals surface area contributed by atoms with Crippen LogP contribution in [0, 0.1) is 0 Å². The number of rotatable bonds is 0. The molecule has 88 valence electrons. The van der Waals surface area contributed by atoms with Gasteiger partial charge in [-0.2, -0.15) is 0 Å². The normalized spacial score (nSPS) is 7.50. The van der Waals surface area contributed by atoms with Crippen LogP contribution in [0.3, 0.4) is 0 Å². The molecule has 0 aromatic carbocycles. The van der Waals surface area contributed by atoms with E-state index in [2.05, 4.69) is 0 Å². The van der Waals surface area contributed by atoms with Crippen molar-refractivity contribution in [1.29, 1.82) is 0 Å². The van der Waals surface area contributed by atoms with Crippen LogP contribution in [-0.2, 0) is 73.7 Å². The summed E-state index contributed by atoms with van der Waals surface area (Å²) in [6, 6.07) is 0. The molecular weight excluding hydrogens is 621 g/mol. The summed E-state index contributed by atoms with van der Waals surface area (Å²) in [5, 5.41) is 0. The van der Waals surface area contributed by atoms with Gasteiger partial charge in [0.05, 0.1) is 0 Å². The molecule has 0 aliphatic heterocycles. The van der Waals surface area contributed by atoms with E-state index in [9.17, 15) is 0 Å². The van der Waals surface area contributed by atoms with E-state index < -0.39 is 34.1 Å². The first-order valence-electron chi connectivity index (χ1n) is 1.50. The zero-order chi connectivity index (χ0) is 10.7. The number of hydrogen-bond acceptors (Lipinski definition) is 9. The Morgan fingerprint density at radius 3 is 0.500 bits per heavy atom. The molecule has 0 aliphatic carbocycles. The maximum Gasteiger partial charge on any atom is 3.00 e. The summed E-state index contributed by atoms with van der Waals surface area (Å²) in [6.07, 6.45) is 0. The Morgan fingerprint density at radius 1 is 0.500 bits per heavy atom. The van der Waals surface area contributed by atoms with Gasteiger partial charge in [-0.3, -0.25) is 12.6 Å². The van der Waals surface area contributed by atoms with Gasteiger partial charge in [-0.05, 0) is 0 Å². The molecule has 0 aromatic rings. The van der Waals surface area contributed by atoms with E-state index in [1.54, 1.807) is 0 Å². The van der Waals surface area contributed by atoms with Crippen LogP contribution in [0.4, 0.5) is 0 Å². The maximum atomic E-state index is 8.44. The first-order chi connectivity index (χ1) is 5.20. The van der Waals surface area contributed by atoms with Gasteiger partial charge in [0.15, 0.2) is 0 Å². The van der Waals surface area contributed by atoms with Crippen LogP contribution in [0.25, 0.3) is 0 Å². The Morgan fingerprint density at radius 2 is 0.500 bits per heavy atom. The zero-order valence-electron chi connectivity index (χ0n) is 5.61. The molecule has 0 fully saturated rings. The van der Waals surface area contributed by atoms with E-state index in [-0.39, 0.29) is 39.6 Å². The fourth-order valence-electron chi connectivity index (χ4n) is 0. The van der Waals surface area contributed by atoms with E-state index >= 15 is 0 Å². The van der Waals surface area contributed by atoms with Gasteiger partial charge in [-0.15, -0.1) is 34.1 Å². The third-order valence-corrected chi connectivity index (χ3v) is 0. The molecular formula is O9Os2S3. The van der Waals surface area contributed by atoms with E-state index in [0.29, 0.717) is 0 Å². The molecule has 0 aromatic heterocycles. The molecule has 14 heteroatoms. The van der Waals surface area contributed by atoms with Crippen molar-refractivity contribution in [1.82, 2.24) is 0 Å². The van der Waals surface area contributed by atoms with Gasteiger partial charge >= 0.3 is 39.6 Å². The molecule has 0 aliphatic rings. The van der Waals surface area contributed by atoms with E-state index in [1.807, 2.05) is 0 Å². The molecule has 2 radical (unpaired) electrons. The molecule has 0 rings (SSSR count).